The topological polar surface area (TPSA) is 98.7 Å². The van der Waals surface area contributed by atoms with Crippen LogP contribution in [0.25, 0.3) is 0 Å². The zero-order chi connectivity index (χ0) is 17.0. The van der Waals surface area contributed by atoms with Crippen molar-refractivity contribution < 1.29 is 19.5 Å². The largest absolute Gasteiger partial charge is 0.395 e. The number of benzene rings is 1. The van der Waals surface area contributed by atoms with Crippen LogP contribution in [0.2, 0.25) is 0 Å². The first-order chi connectivity index (χ1) is 10.9. The Morgan fingerprint density at radius 2 is 1.96 bits per heavy atom. The van der Waals surface area contributed by atoms with Gasteiger partial charge in [0.15, 0.2) is 0 Å². The normalized spacial score (nSPS) is 14.3. The van der Waals surface area contributed by atoms with Crippen molar-refractivity contribution in [3.63, 3.8) is 0 Å². The lowest BCUT2D eigenvalue weighted by Gasteiger charge is -2.15. The van der Waals surface area contributed by atoms with Crippen LogP contribution in [0.5, 0.6) is 0 Å². The summed E-state index contributed by atoms with van der Waals surface area (Å²) in [5, 5.41) is 14.5. The van der Waals surface area contributed by atoms with E-state index in [0.29, 0.717) is 11.3 Å². The van der Waals surface area contributed by atoms with Crippen molar-refractivity contribution in [3.8, 4) is 0 Å². The highest BCUT2D eigenvalue weighted by atomic mass is 16.3. The lowest BCUT2D eigenvalue weighted by Crippen LogP contribution is -2.34. The molecule has 0 bridgehead atoms. The Hall–Kier alpha value is -2.67. The monoisotopic (exact) mass is 317 g/mol. The standard InChI is InChI=1S/C16H19N3O4/c1-10(2)17-15(22)11-5-3-4-6-12(11)18-13-9-14(21)19(7-8-20)16(13)23/h3-6,9-10,18,20H,7-8H2,1-2H3,(H,17,22). The number of hydrogen-bond donors (Lipinski definition) is 3. The Morgan fingerprint density at radius 3 is 2.61 bits per heavy atom. The molecule has 0 aliphatic carbocycles. The van der Waals surface area contributed by atoms with Crippen molar-refractivity contribution >= 4 is 23.4 Å². The molecule has 2 rings (SSSR count). The molecule has 122 valence electrons. The fourth-order valence-electron chi connectivity index (χ4n) is 2.19. The first kappa shape index (κ1) is 16.7. The number of nitrogens with zero attached hydrogens (tertiary/aromatic N) is 1. The molecule has 1 aromatic rings. The van der Waals surface area contributed by atoms with Crippen molar-refractivity contribution in [2.75, 3.05) is 18.5 Å². The van der Waals surface area contributed by atoms with Crippen molar-refractivity contribution in [1.29, 1.82) is 0 Å². The van der Waals surface area contributed by atoms with Gasteiger partial charge in [-0.15, -0.1) is 0 Å². The highest BCUT2D eigenvalue weighted by molar-refractivity contribution is 6.17. The number of hydrogen-bond acceptors (Lipinski definition) is 5. The van der Waals surface area contributed by atoms with Gasteiger partial charge in [0.1, 0.15) is 5.70 Å². The third-order valence-corrected chi connectivity index (χ3v) is 3.19. The minimum atomic E-state index is -0.525. The van der Waals surface area contributed by atoms with E-state index in [0.717, 1.165) is 11.0 Å². The smallest absolute Gasteiger partial charge is 0.277 e. The molecule has 0 unspecified atom stereocenters. The van der Waals surface area contributed by atoms with E-state index >= 15 is 0 Å². The van der Waals surface area contributed by atoms with Crippen LogP contribution in [0, 0.1) is 0 Å². The number of nitrogens with one attached hydrogen (secondary N) is 2. The van der Waals surface area contributed by atoms with Crippen LogP contribution in [0.15, 0.2) is 36.0 Å². The lowest BCUT2D eigenvalue weighted by molar-refractivity contribution is -0.137. The maximum absolute atomic E-state index is 12.2. The molecule has 0 saturated heterocycles. The fraction of sp³-hybridized carbons (Fsp3) is 0.312. The molecule has 0 spiro atoms. The van der Waals surface area contributed by atoms with Gasteiger partial charge in [-0.25, -0.2) is 0 Å². The van der Waals surface area contributed by atoms with Crippen molar-refractivity contribution in [2.24, 2.45) is 0 Å². The van der Waals surface area contributed by atoms with Crippen LogP contribution in [0.4, 0.5) is 5.69 Å². The van der Waals surface area contributed by atoms with Gasteiger partial charge in [0.2, 0.25) is 0 Å². The van der Waals surface area contributed by atoms with Gasteiger partial charge in [0, 0.05) is 12.1 Å². The maximum atomic E-state index is 12.2. The zero-order valence-electron chi connectivity index (χ0n) is 13.0. The Morgan fingerprint density at radius 1 is 1.26 bits per heavy atom. The minimum Gasteiger partial charge on any atom is -0.395 e. The number of aliphatic hydroxyl groups excluding tert-OH is 1. The molecular formula is C16H19N3O4. The van der Waals surface area contributed by atoms with Gasteiger partial charge in [0.25, 0.3) is 17.7 Å². The number of aliphatic hydroxyl groups is 1. The van der Waals surface area contributed by atoms with Crippen LogP contribution in [0.1, 0.15) is 24.2 Å². The molecule has 1 aliphatic rings. The Balaban J connectivity index is 2.21. The Bertz CT molecular complexity index is 667. The summed E-state index contributed by atoms with van der Waals surface area (Å²) in [5.41, 5.74) is 0.889. The van der Waals surface area contributed by atoms with Gasteiger partial charge in [0.05, 0.1) is 24.4 Å². The van der Waals surface area contributed by atoms with Crippen molar-refractivity contribution in [3.05, 3.63) is 41.6 Å². The number of imide groups is 1. The maximum Gasteiger partial charge on any atom is 0.277 e. The minimum absolute atomic E-state index is 0.0236. The van der Waals surface area contributed by atoms with Gasteiger partial charge < -0.3 is 15.7 Å². The van der Waals surface area contributed by atoms with Crippen molar-refractivity contribution in [2.45, 2.75) is 19.9 Å². The van der Waals surface area contributed by atoms with E-state index in [1.807, 2.05) is 13.8 Å². The summed E-state index contributed by atoms with van der Waals surface area (Å²) in [4.78, 5) is 37.0. The molecule has 7 nitrogen and oxygen atoms in total. The van der Waals surface area contributed by atoms with E-state index in [1.54, 1.807) is 24.3 Å². The van der Waals surface area contributed by atoms with Crippen LogP contribution in [0.3, 0.4) is 0 Å². The highest BCUT2D eigenvalue weighted by Gasteiger charge is 2.31. The van der Waals surface area contributed by atoms with Gasteiger partial charge in [-0.1, -0.05) is 12.1 Å². The molecule has 1 heterocycles. The average Bonchev–Trinajstić information content (AvgIpc) is 2.75. The summed E-state index contributed by atoms with van der Waals surface area (Å²) in [6, 6.07) is 6.70. The predicted octanol–water partition coefficient (Wildman–Crippen LogP) is 0.482. The zero-order valence-corrected chi connectivity index (χ0v) is 13.0. The van der Waals surface area contributed by atoms with Crippen molar-refractivity contribution in [1.82, 2.24) is 10.2 Å². The van der Waals surface area contributed by atoms with E-state index in [9.17, 15) is 14.4 Å². The molecule has 3 N–H and O–H groups in total. The van der Waals surface area contributed by atoms with Gasteiger partial charge >= 0.3 is 0 Å². The first-order valence-corrected chi connectivity index (χ1v) is 7.29. The molecule has 3 amide bonds. The molecule has 0 atom stereocenters. The fourth-order valence-corrected chi connectivity index (χ4v) is 2.19. The number of amides is 3. The Labute approximate surface area is 134 Å². The number of β-amino-alcohol motifs (C(OH)–C–C–N with tert-alkyl or cyclic N) is 1. The molecule has 0 fully saturated rings. The molecule has 23 heavy (non-hydrogen) atoms. The number of anilines is 1. The summed E-state index contributed by atoms with van der Waals surface area (Å²) < 4.78 is 0. The second-order valence-corrected chi connectivity index (χ2v) is 5.38. The van der Waals surface area contributed by atoms with Crippen LogP contribution >= 0.6 is 0 Å². The molecule has 1 aromatic carbocycles. The van der Waals surface area contributed by atoms with Gasteiger partial charge in [-0.2, -0.15) is 0 Å². The molecule has 0 aromatic heterocycles. The summed E-state index contributed by atoms with van der Waals surface area (Å²) in [7, 11) is 0. The third kappa shape index (κ3) is 3.75. The summed E-state index contributed by atoms with van der Waals surface area (Å²) in [5.74, 6) is -1.29. The van der Waals surface area contributed by atoms with Gasteiger partial charge in [-0.05, 0) is 26.0 Å². The van der Waals surface area contributed by atoms with Gasteiger partial charge in [-0.3, -0.25) is 19.3 Å². The third-order valence-electron chi connectivity index (χ3n) is 3.19. The second-order valence-electron chi connectivity index (χ2n) is 5.38. The van der Waals surface area contributed by atoms with E-state index in [4.69, 9.17) is 5.11 Å². The van der Waals surface area contributed by atoms with Crippen LogP contribution in [-0.2, 0) is 9.59 Å². The number of carbonyl (C=O) groups is 3. The van der Waals surface area contributed by atoms with E-state index in [-0.39, 0.29) is 30.8 Å². The SMILES string of the molecule is CC(C)NC(=O)c1ccccc1NC1=CC(=O)N(CCO)C1=O. The second kappa shape index (κ2) is 7.06. The highest BCUT2D eigenvalue weighted by Crippen LogP contribution is 2.20. The predicted molar refractivity (Wildman–Crippen MR) is 84.6 cm³/mol. The molecule has 0 radical (unpaired) electrons. The van der Waals surface area contributed by atoms with E-state index in [2.05, 4.69) is 10.6 Å². The molecular weight excluding hydrogens is 298 g/mol. The number of para-hydroxylation sites is 1. The van der Waals surface area contributed by atoms with Crippen LogP contribution in [-0.4, -0.2) is 46.9 Å². The Kier molecular flexibility index (Phi) is 5.13. The van der Waals surface area contributed by atoms with E-state index < -0.39 is 11.8 Å². The number of rotatable bonds is 6. The lowest BCUT2D eigenvalue weighted by atomic mass is 10.1. The molecule has 0 saturated carbocycles. The summed E-state index contributed by atoms with van der Waals surface area (Å²) >= 11 is 0. The van der Waals surface area contributed by atoms with Crippen LogP contribution < -0.4 is 10.6 Å². The molecule has 7 heteroatoms. The molecule has 1 aliphatic heterocycles. The van der Waals surface area contributed by atoms with E-state index in [1.165, 1.54) is 0 Å². The first-order valence-electron chi connectivity index (χ1n) is 7.29. The average molecular weight is 317 g/mol. The summed E-state index contributed by atoms with van der Waals surface area (Å²) in [6.45, 7) is 3.34. The summed E-state index contributed by atoms with van der Waals surface area (Å²) in [6.07, 6.45) is 1.16. The number of carbonyl (C=O) groups excluding carboxylic acids is 3. The quantitative estimate of drug-likeness (QED) is 0.663.